The van der Waals surface area contributed by atoms with Gasteiger partial charge in [-0.2, -0.15) is 4.80 Å². The zero-order chi connectivity index (χ0) is 19.4. The van der Waals surface area contributed by atoms with Gasteiger partial charge in [0.25, 0.3) is 0 Å². The molecule has 0 fully saturated rings. The van der Waals surface area contributed by atoms with Crippen molar-refractivity contribution in [2.45, 2.75) is 39.4 Å². The topological polar surface area (TPSA) is 63.9 Å². The molecule has 1 amide bonds. The van der Waals surface area contributed by atoms with Crippen molar-refractivity contribution in [1.82, 2.24) is 25.1 Å². The number of carbonyl (C=O) groups is 1. The fourth-order valence-electron chi connectivity index (χ4n) is 2.70. The van der Waals surface area contributed by atoms with Gasteiger partial charge in [0.15, 0.2) is 0 Å². The Morgan fingerprint density at radius 2 is 1.74 bits per heavy atom. The highest BCUT2D eigenvalue weighted by Gasteiger charge is 2.27. The Hall–Kier alpha value is -3.09. The Labute approximate surface area is 157 Å². The molecule has 0 N–H and O–H groups in total. The van der Waals surface area contributed by atoms with Crippen molar-refractivity contribution < 1.29 is 9.18 Å². The fraction of sp³-hybridized carbons (Fsp3) is 0.300. The smallest absolute Gasteiger partial charge is 0.246 e. The second-order valence-electron chi connectivity index (χ2n) is 7.29. The zero-order valence-corrected chi connectivity index (χ0v) is 15.6. The van der Waals surface area contributed by atoms with Gasteiger partial charge in [0.2, 0.25) is 11.7 Å². The summed E-state index contributed by atoms with van der Waals surface area (Å²) in [6, 6.07) is 15.7. The van der Waals surface area contributed by atoms with E-state index in [-0.39, 0.29) is 23.8 Å². The Bertz CT molecular complexity index is 900. The van der Waals surface area contributed by atoms with E-state index in [9.17, 15) is 9.18 Å². The van der Waals surface area contributed by atoms with E-state index in [0.717, 1.165) is 5.56 Å². The minimum absolute atomic E-state index is 0.0156. The first kappa shape index (κ1) is 18.7. The van der Waals surface area contributed by atoms with E-state index in [2.05, 4.69) is 15.4 Å². The maximum Gasteiger partial charge on any atom is 0.246 e. The number of nitrogens with zero attached hydrogens (tertiary/aromatic N) is 5. The molecule has 3 rings (SSSR count). The molecule has 0 aliphatic rings. The van der Waals surface area contributed by atoms with E-state index in [1.165, 1.54) is 16.9 Å². The highest BCUT2D eigenvalue weighted by Crippen LogP contribution is 2.18. The summed E-state index contributed by atoms with van der Waals surface area (Å²) in [5.41, 5.74) is 1.35. The summed E-state index contributed by atoms with van der Waals surface area (Å²) in [4.78, 5) is 16.0. The molecule has 1 heterocycles. The molecule has 1 aromatic heterocycles. The van der Waals surface area contributed by atoms with Crippen LogP contribution in [0.1, 0.15) is 26.3 Å². The second kappa shape index (κ2) is 7.65. The third kappa shape index (κ3) is 4.75. The van der Waals surface area contributed by atoms with Crippen LogP contribution in [0.25, 0.3) is 11.4 Å². The van der Waals surface area contributed by atoms with Crippen LogP contribution in [0, 0.1) is 5.82 Å². The van der Waals surface area contributed by atoms with Crippen LogP contribution < -0.4 is 0 Å². The predicted molar refractivity (Wildman–Crippen MR) is 100.0 cm³/mol. The molecule has 0 aliphatic carbocycles. The Kier molecular flexibility index (Phi) is 5.30. The van der Waals surface area contributed by atoms with Crippen LogP contribution in [0.5, 0.6) is 0 Å². The summed E-state index contributed by atoms with van der Waals surface area (Å²) in [6.07, 6.45) is 0. The van der Waals surface area contributed by atoms with Gasteiger partial charge in [0, 0.05) is 17.6 Å². The lowest BCUT2D eigenvalue weighted by molar-refractivity contribution is -0.137. The quantitative estimate of drug-likeness (QED) is 0.694. The second-order valence-corrected chi connectivity index (χ2v) is 7.29. The van der Waals surface area contributed by atoms with Gasteiger partial charge in [-0.25, -0.2) is 4.39 Å². The van der Waals surface area contributed by atoms with Crippen molar-refractivity contribution in [3.63, 3.8) is 0 Å². The number of aromatic nitrogens is 4. The molecule has 0 aliphatic heterocycles. The molecule has 27 heavy (non-hydrogen) atoms. The lowest BCUT2D eigenvalue weighted by Crippen LogP contribution is -2.46. The van der Waals surface area contributed by atoms with Crippen molar-refractivity contribution >= 4 is 5.91 Å². The molecule has 140 valence electrons. The number of hydrogen-bond donors (Lipinski definition) is 0. The lowest BCUT2D eigenvalue weighted by atomic mass is 10.0. The minimum Gasteiger partial charge on any atom is -0.332 e. The molecule has 0 atom stereocenters. The molecule has 3 aromatic rings. The van der Waals surface area contributed by atoms with E-state index >= 15 is 0 Å². The van der Waals surface area contributed by atoms with Crippen LogP contribution in [0.2, 0.25) is 0 Å². The summed E-state index contributed by atoms with van der Waals surface area (Å²) in [5, 5.41) is 12.2. The first-order chi connectivity index (χ1) is 12.8. The van der Waals surface area contributed by atoms with Gasteiger partial charge in [-0.05, 0) is 55.8 Å². The SMILES string of the molecule is CC(C)(C)N(Cc1ccccc1)C(=O)Cn1nnc(-c2ccc(F)cc2)n1. The van der Waals surface area contributed by atoms with Crippen LogP contribution in [-0.4, -0.2) is 36.6 Å². The third-order valence-corrected chi connectivity index (χ3v) is 4.13. The molecule has 0 saturated carbocycles. The van der Waals surface area contributed by atoms with Crippen molar-refractivity contribution in [1.29, 1.82) is 0 Å². The Morgan fingerprint density at radius 3 is 2.37 bits per heavy atom. The fourth-order valence-corrected chi connectivity index (χ4v) is 2.70. The van der Waals surface area contributed by atoms with Gasteiger partial charge in [0.1, 0.15) is 12.4 Å². The third-order valence-electron chi connectivity index (χ3n) is 4.13. The molecule has 0 saturated heterocycles. The van der Waals surface area contributed by atoms with Crippen LogP contribution in [-0.2, 0) is 17.9 Å². The highest BCUT2D eigenvalue weighted by molar-refractivity contribution is 5.76. The zero-order valence-electron chi connectivity index (χ0n) is 15.6. The average Bonchev–Trinajstić information content (AvgIpc) is 3.08. The number of rotatable bonds is 5. The largest absolute Gasteiger partial charge is 0.332 e. The molecule has 0 radical (unpaired) electrons. The molecular formula is C20H22FN5O. The summed E-state index contributed by atoms with van der Waals surface area (Å²) >= 11 is 0. The first-order valence-corrected chi connectivity index (χ1v) is 8.71. The molecule has 0 bridgehead atoms. The van der Waals surface area contributed by atoms with Gasteiger partial charge in [-0.1, -0.05) is 30.3 Å². The van der Waals surface area contributed by atoms with Crippen molar-refractivity contribution in [2.24, 2.45) is 0 Å². The first-order valence-electron chi connectivity index (χ1n) is 8.71. The molecule has 6 nitrogen and oxygen atoms in total. The van der Waals surface area contributed by atoms with E-state index in [0.29, 0.717) is 17.9 Å². The van der Waals surface area contributed by atoms with Gasteiger partial charge in [0.05, 0.1) is 0 Å². The summed E-state index contributed by atoms with van der Waals surface area (Å²) in [6.45, 7) is 6.46. The molecule has 0 spiro atoms. The Morgan fingerprint density at radius 1 is 1.07 bits per heavy atom. The van der Waals surface area contributed by atoms with Crippen LogP contribution >= 0.6 is 0 Å². The summed E-state index contributed by atoms with van der Waals surface area (Å²) in [7, 11) is 0. The number of amides is 1. The van der Waals surface area contributed by atoms with Gasteiger partial charge in [-0.3, -0.25) is 4.79 Å². The number of halogens is 1. The van der Waals surface area contributed by atoms with Crippen LogP contribution in [0.4, 0.5) is 4.39 Å². The highest BCUT2D eigenvalue weighted by atomic mass is 19.1. The molecular weight excluding hydrogens is 345 g/mol. The minimum atomic E-state index is -0.354. The van der Waals surface area contributed by atoms with E-state index in [1.807, 2.05) is 51.1 Å². The number of hydrogen-bond acceptors (Lipinski definition) is 4. The van der Waals surface area contributed by atoms with Crippen LogP contribution in [0.15, 0.2) is 54.6 Å². The number of benzene rings is 2. The summed E-state index contributed by atoms with van der Waals surface area (Å²) in [5.74, 6) is -0.0781. The monoisotopic (exact) mass is 367 g/mol. The van der Waals surface area contributed by atoms with Crippen molar-refractivity contribution in [3.8, 4) is 11.4 Å². The summed E-state index contributed by atoms with van der Waals surface area (Å²) < 4.78 is 13.0. The number of tetrazole rings is 1. The van der Waals surface area contributed by atoms with Crippen molar-refractivity contribution in [3.05, 3.63) is 66.0 Å². The van der Waals surface area contributed by atoms with Crippen molar-refractivity contribution in [2.75, 3.05) is 0 Å². The maximum atomic E-state index is 13.0. The Balaban J connectivity index is 1.75. The van der Waals surface area contributed by atoms with Gasteiger partial charge in [-0.15, -0.1) is 10.2 Å². The maximum absolute atomic E-state index is 13.0. The molecule has 2 aromatic carbocycles. The number of carbonyl (C=O) groups excluding carboxylic acids is 1. The van der Waals surface area contributed by atoms with E-state index < -0.39 is 0 Å². The van der Waals surface area contributed by atoms with E-state index in [4.69, 9.17) is 0 Å². The average molecular weight is 367 g/mol. The molecule has 7 heteroatoms. The standard InChI is InChI=1S/C20H22FN5O/c1-20(2,3)25(13-15-7-5-4-6-8-15)18(27)14-26-23-19(22-24-26)16-9-11-17(21)12-10-16/h4-12H,13-14H2,1-3H3. The molecule has 0 unspecified atom stereocenters. The normalized spacial score (nSPS) is 11.4. The van der Waals surface area contributed by atoms with Crippen LogP contribution in [0.3, 0.4) is 0 Å². The van der Waals surface area contributed by atoms with Gasteiger partial charge >= 0.3 is 0 Å². The van der Waals surface area contributed by atoms with Gasteiger partial charge < -0.3 is 4.90 Å². The van der Waals surface area contributed by atoms with E-state index in [1.54, 1.807) is 17.0 Å². The lowest BCUT2D eigenvalue weighted by Gasteiger charge is -2.35. The predicted octanol–water partition coefficient (Wildman–Crippen LogP) is 3.31.